The van der Waals surface area contributed by atoms with Crippen molar-refractivity contribution in [3.8, 4) is 0 Å². The first kappa shape index (κ1) is 13.1. The summed E-state index contributed by atoms with van der Waals surface area (Å²) in [5.74, 6) is 0. The minimum Gasteiger partial charge on any atom is -0.293 e. The van der Waals surface area contributed by atoms with Gasteiger partial charge in [0, 0.05) is 39.3 Å². The van der Waals surface area contributed by atoms with Gasteiger partial charge in [-0.1, -0.05) is 24.3 Å². The maximum Gasteiger partial charge on any atom is 0.279 e. The molecular weight excluding hydrogens is 262 g/mol. The molecule has 19 heavy (non-hydrogen) atoms. The van der Waals surface area contributed by atoms with Crippen molar-refractivity contribution in [2.75, 3.05) is 33.2 Å². The van der Waals surface area contributed by atoms with E-state index in [1.807, 2.05) is 6.07 Å². The molecular formula is C13H19N3O2S. The highest BCUT2D eigenvalue weighted by Crippen LogP contribution is 2.32. The fourth-order valence-electron chi connectivity index (χ4n) is 3.06. The van der Waals surface area contributed by atoms with E-state index in [1.54, 1.807) is 4.31 Å². The fraction of sp³-hybridized carbons (Fsp3) is 0.538. The Labute approximate surface area is 114 Å². The summed E-state index contributed by atoms with van der Waals surface area (Å²) in [4.78, 5) is 2.39. The SMILES string of the molecule is CNS(=O)(=O)N1CCN2CCc3ccccc3C2C1. The van der Waals surface area contributed by atoms with Crippen LogP contribution in [0.4, 0.5) is 0 Å². The van der Waals surface area contributed by atoms with Gasteiger partial charge in [-0.25, -0.2) is 4.72 Å². The van der Waals surface area contributed by atoms with Gasteiger partial charge < -0.3 is 0 Å². The Kier molecular flexibility index (Phi) is 3.34. The number of hydrogen-bond acceptors (Lipinski definition) is 3. The number of nitrogens with one attached hydrogen (secondary N) is 1. The maximum atomic E-state index is 11.9. The molecule has 1 aromatic rings. The van der Waals surface area contributed by atoms with Crippen molar-refractivity contribution in [3.05, 3.63) is 35.4 Å². The van der Waals surface area contributed by atoms with Gasteiger partial charge in [0.15, 0.2) is 0 Å². The molecule has 2 heterocycles. The highest BCUT2D eigenvalue weighted by molar-refractivity contribution is 7.87. The van der Waals surface area contributed by atoms with Gasteiger partial charge in [0.05, 0.1) is 0 Å². The zero-order chi connectivity index (χ0) is 13.5. The molecule has 1 atom stereocenters. The lowest BCUT2D eigenvalue weighted by molar-refractivity contribution is 0.109. The number of fused-ring (bicyclic) bond motifs is 3. The molecule has 1 N–H and O–H groups in total. The molecule has 1 saturated heterocycles. The molecule has 1 aromatic carbocycles. The molecule has 6 heteroatoms. The molecule has 0 saturated carbocycles. The summed E-state index contributed by atoms with van der Waals surface area (Å²) in [5, 5.41) is 0. The number of benzene rings is 1. The lowest BCUT2D eigenvalue weighted by Gasteiger charge is -2.44. The smallest absolute Gasteiger partial charge is 0.279 e. The van der Waals surface area contributed by atoms with Crippen LogP contribution in [-0.2, 0) is 16.6 Å². The maximum absolute atomic E-state index is 11.9. The Hall–Kier alpha value is -0.950. The predicted molar refractivity (Wildman–Crippen MR) is 74.0 cm³/mol. The molecule has 2 aliphatic heterocycles. The van der Waals surface area contributed by atoms with Gasteiger partial charge in [0.1, 0.15) is 0 Å². The van der Waals surface area contributed by atoms with E-state index in [4.69, 9.17) is 0 Å². The molecule has 0 spiro atoms. The second-order valence-electron chi connectivity index (χ2n) is 5.07. The number of hydrogen-bond donors (Lipinski definition) is 1. The summed E-state index contributed by atoms with van der Waals surface area (Å²) in [7, 11) is -1.85. The van der Waals surface area contributed by atoms with Crippen LogP contribution in [0.25, 0.3) is 0 Å². The molecule has 0 aromatic heterocycles. The topological polar surface area (TPSA) is 52.7 Å². The summed E-state index contributed by atoms with van der Waals surface area (Å²) in [6, 6.07) is 8.56. The van der Waals surface area contributed by atoms with E-state index in [1.165, 1.54) is 18.2 Å². The van der Waals surface area contributed by atoms with Crippen molar-refractivity contribution in [1.29, 1.82) is 0 Å². The zero-order valence-electron chi connectivity index (χ0n) is 11.0. The Balaban J connectivity index is 1.90. The third kappa shape index (κ3) is 2.29. The minimum absolute atomic E-state index is 0.196. The van der Waals surface area contributed by atoms with Crippen LogP contribution < -0.4 is 4.72 Å². The summed E-state index contributed by atoms with van der Waals surface area (Å²) >= 11 is 0. The molecule has 5 nitrogen and oxygen atoms in total. The van der Waals surface area contributed by atoms with Crippen LogP contribution in [-0.4, -0.2) is 50.8 Å². The third-order valence-electron chi connectivity index (χ3n) is 4.13. The van der Waals surface area contributed by atoms with Gasteiger partial charge in [-0.2, -0.15) is 12.7 Å². The summed E-state index contributed by atoms with van der Waals surface area (Å²) in [6.45, 7) is 2.94. The summed E-state index contributed by atoms with van der Waals surface area (Å²) < 4.78 is 27.8. The highest BCUT2D eigenvalue weighted by atomic mass is 32.2. The molecule has 0 amide bonds. The molecule has 1 fully saturated rings. The van der Waals surface area contributed by atoms with Gasteiger partial charge in [-0.05, 0) is 17.5 Å². The minimum atomic E-state index is -3.32. The van der Waals surface area contributed by atoms with Crippen molar-refractivity contribution in [2.24, 2.45) is 0 Å². The van der Waals surface area contributed by atoms with Crippen LogP contribution >= 0.6 is 0 Å². The van der Waals surface area contributed by atoms with Crippen LogP contribution in [0.3, 0.4) is 0 Å². The van der Waals surface area contributed by atoms with Crippen molar-refractivity contribution in [2.45, 2.75) is 12.5 Å². The normalized spacial score (nSPS) is 24.8. The van der Waals surface area contributed by atoms with Crippen LogP contribution in [0.1, 0.15) is 17.2 Å². The largest absolute Gasteiger partial charge is 0.293 e. The van der Waals surface area contributed by atoms with E-state index in [9.17, 15) is 8.42 Å². The number of nitrogens with zero attached hydrogens (tertiary/aromatic N) is 2. The highest BCUT2D eigenvalue weighted by Gasteiger charge is 2.36. The Bertz CT molecular complexity index is 573. The van der Waals surface area contributed by atoms with E-state index >= 15 is 0 Å². The third-order valence-corrected chi connectivity index (χ3v) is 5.66. The fourth-order valence-corrected chi connectivity index (χ4v) is 3.97. The first-order valence-corrected chi connectivity index (χ1v) is 8.06. The average molecular weight is 281 g/mol. The number of piperazine rings is 1. The predicted octanol–water partition coefficient (Wildman–Crippen LogP) is 0.366. The first-order chi connectivity index (χ1) is 9.12. The first-order valence-electron chi connectivity index (χ1n) is 6.62. The molecule has 2 aliphatic rings. The summed E-state index contributed by atoms with van der Waals surface area (Å²) in [5.41, 5.74) is 2.64. The van der Waals surface area contributed by atoms with Gasteiger partial charge in [-0.15, -0.1) is 0 Å². The molecule has 3 rings (SSSR count). The van der Waals surface area contributed by atoms with Crippen LogP contribution in [0.2, 0.25) is 0 Å². The molecule has 0 bridgehead atoms. The Morgan fingerprint density at radius 3 is 2.79 bits per heavy atom. The van der Waals surface area contributed by atoms with E-state index in [0.29, 0.717) is 13.1 Å². The quantitative estimate of drug-likeness (QED) is 0.852. The molecule has 1 unspecified atom stereocenters. The van der Waals surface area contributed by atoms with Crippen molar-refractivity contribution < 1.29 is 8.42 Å². The van der Waals surface area contributed by atoms with E-state index < -0.39 is 10.2 Å². The lowest BCUT2D eigenvalue weighted by Crippen LogP contribution is -2.54. The van der Waals surface area contributed by atoms with Crippen LogP contribution in [0, 0.1) is 0 Å². The van der Waals surface area contributed by atoms with Gasteiger partial charge in [0.2, 0.25) is 0 Å². The second kappa shape index (κ2) is 4.86. The van der Waals surface area contributed by atoms with Crippen molar-refractivity contribution in [3.63, 3.8) is 0 Å². The van der Waals surface area contributed by atoms with Gasteiger partial charge >= 0.3 is 0 Å². The van der Waals surface area contributed by atoms with E-state index in [2.05, 4.69) is 27.8 Å². The number of rotatable bonds is 2. The Morgan fingerprint density at radius 1 is 1.21 bits per heavy atom. The van der Waals surface area contributed by atoms with Crippen molar-refractivity contribution >= 4 is 10.2 Å². The van der Waals surface area contributed by atoms with Crippen molar-refractivity contribution in [1.82, 2.24) is 13.9 Å². The van der Waals surface area contributed by atoms with E-state index in [-0.39, 0.29) is 6.04 Å². The summed E-state index contributed by atoms with van der Waals surface area (Å²) in [6.07, 6.45) is 1.06. The van der Waals surface area contributed by atoms with Gasteiger partial charge in [0.25, 0.3) is 10.2 Å². The van der Waals surface area contributed by atoms with Gasteiger partial charge in [-0.3, -0.25) is 4.90 Å². The van der Waals surface area contributed by atoms with Crippen LogP contribution in [0.5, 0.6) is 0 Å². The standard InChI is InChI=1S/C13H19N3O2S/c1-14-19(17,18)16-9-8-15-7-6-11-4-2-3-5-12(11)13(15)10-16/h2-5,13-14H,6-10H2,1H3. The Morgan fingerprint density at radius 2 is 2.00 bits per heavy atom. The average Bonchev–Trinajstić information content (AvgIpc) is 2.46. The lowest BCUT2D eigenvalue weighted by atomic mass is 9.91. The molecule has 0 aliphatic carbocycles. The molecule has 104 valence electrons. The zero-order valence-corrected chi connectivity index (χ0v) is 11.9. The molecule has 0 radical (unpaired) electrons. The monoisotopic (exact) mass is 281 g/mol. The van der Waals surface area contributed by atoms with Crippen LogP contribution in [0.15, 0.2) is 24.3 Å². The van der Waals surface area contributed by atoms with E-state index in [0.717, 1.165) is 19.5 Å². The second-order valence-corrected chi connectivity index (χ2v) is 6.94.